The number of fused-ring (bicyclic) bond motifs is 1. The molecule has 0 fully saturated rings. The van der Waals surface area contributed by atoms with Crippen molar-refractivity contribution >= 4 is 16.9 Å². The fraction of sp³-hybridized carbons (Fsp3) is 0.385. The van der Waals surface area contributed by atoms with E-state index in [-0.39, 0.29) is 18.6 Å². The number of ether oxygens (including phenoxy) is 1. The first-order chi connectivity index (χ1) is 9.58. The van der Waals surface area contributed by atoms with Crippen molar-refractivity contribution in [3.8, 4) is 0 Å². The second-order valence-corrected chi connectivity index (χ2v) is 4.42. The van der Waals surface area contributed by atoms with Crippen molar-refractivity contribution in [1.82, 2.24) is 10.2 Å². The average Bonchev–Trinajstić information content (AvgIpc) is 2.93. The van der Waals surface area contributed by atoms with Gasteiger partial charge in [-0.05, 0) is 24.1 Å². The van der Waals surface area contributed by atoms with Gasteiger partial charge in [-0.3, -0.25) is 5.10 Å². The van der Waals surface area contributed by atoms with Crippen LogP contribution in [0.3, 0.4) is 0 Å². The zero-order valence-corrected chi connectivity index (χ0v) is 10.9. The minimum Gasteiger partial charge on any atom is -0.465 e. The Kier molecular flexibility index (Phi) is 4.33. The van der Waals surface area contributed by atoms with Gasteiger partial charge < -0.3 is 20.1 Å². The number of nitrogens with one attached hydrogen (secondary N) is 1. The largest absolute Gasteiger partial charge is 0.465 e. The average molecular weight is 280 g/mol. The molecular formula is C13H16N2O5. The van der Waals surface area contributed by atoms with Crippen LogP contribution < -0.4 is 0 Å². The summed E-state index contributed by atoms with van der Waals surface area (Å²) in [6.07, 6.45) is -0.804. The van der Waals surface area contributed by atoms with E-state index >= 15 is 0 Å². The lowest BCUT2D eigenvalue weighted by molar-refractivity contribution is 0.00420. The third-order valence-corrected chi connectivity index (χ3v) is 3.12. The maximum atomic E-state index is 11.7. The number of carbonyl (C=O) groups excluding carboxylic acids is 1. The molecule has 1 aromatic carbocycles. The van der Waals surface area contributed by atoms with Gasteiger partial charge in [0.2, 0.25) is 0 Å². The van der Waals surface area contributed by atoms with Crippen molar-refractivity contribution in [2.24, 2.45) is 0 Å². The number of methoxy groups -OCH3 is 1. The van der Waals surface area contributed by atoms with Crippen molar-refractivity contribution in [3.63, 3.8) is 0 Å². The van der Waals surface area contributed by atoms with Crippen LogP contribution in [0, 0.1) is 0 Å². The summed E-state index contributed by atoms with van der Waals surface area (Å²) in [5.41, 5.74) is 1.16. The van der Waals surface area contributed by atoms with E-state index in [1.807, 2.05) is 0 Å². The topological polar surface area (TPSA) is 116 Å². The zero-order chi connectivity index (χ0) is 14.7. The first-order valence-corrected chi connectivity index (χ1v) is 6.10. The van der Waals surface area contributed by atoms with Gasteiger partial charge in [-0.15, -0.1) is 0 Å². The highest BCUT2D eigenvalue weighted by Crippen LogP contribution is 2.26. The summed E-state index contributed by atoms with van der Waals surface area (Å²) in [6, 6.07) is 3.05. The number of hydrogen-bond acceptors (Lipinski definition) is 6. The summed E-state index contributed by atoms with van der Waals surface area (Å²) >= 11 is 0. The molecule has 7 heteroatoms. The van der Waals surface area contributed by atoms with Gasteiger partial charge in [0.25, 0.3) is 0 Å². The molecule has 1 aromatic heterocycles. The van der Waals surface area contributed by atoms with E-state index in [0.29, 0.717) is 16.5 Å². The molecule has 0 aliphatic heterocycles. The predicted octanol–water partition coefficient (Wildman–Crippen LogP) is 0.126. The Labute approximate surface area is 114 Å². The molecule has 0 aliphatic carbocycles. The van der Waals surface area contributed by atoms with Gasteiger partial charge in [0.1, 0.15) is 6.10 Å². The number of hydrogen-bond donors (Lipinski definition) is 4. The van der Waals surface area contributed by atoms with Crippen LogP contribution in [0.25, 0.3) is 10.9 Å². The highest BCUT2D eigenvalue weighted by Gasteiger charge is 2.21. The third kappa shape index (κ3) is 2.64. The SMILES string of the molecule is COC(=O)c1cc(C(O)C(O)CCO)cc2[nH]ncc12. The Balaban J connectivity index is 2.46. The summed E-state index contributed by atoms with van der Waals surface area (Å²) in [5.74, 6) is -0.554. The van der Waals surface area contributed by atoms with Gasteiger partial charge in [0.05, 0.1) is 30.5 Å². The summed E-state index contributed by atoms with van der Waals surface area (Å²) < 4.78 is 4.69. The monoisotopic (exact) mass is 280 g/mol. The fourth-order valence-corrected chi connectivity index (χ4v) is 2.04. The lowest BCUT2D eigenvalue weighted by atomic mass is 9.98. The molecular weight excluding hydrogens is 264 g/mol. The Morgan fingerprint density at radius 1 is 1.45 bits per heavy atom. The third-order valence-electron chi connectivity index (χ3n) is 3.12. The van der Waals surface area contributed by atoms with Crippen molar-refractivity contribution in [3.05, 3.63) is 29.5 Å². The Morgan fingerprint density at radius 3 is 2.85 bits per heavy atom. The molecule has 1 heterocycles. The maximum Gasteiger partial charge on any atom is 0.338 e. The van der Waals surface area contributed by atoms with Crippen LogP contribution in [-0.4, -0.2) is 51.3 Å². The van der Waals surface area contributed by atoms with Gasteiger partial charge in [0, 0.05) is 12.0 Å². The number of benzene rings is 1. The Hall–Kier alpha value is -1.96. The molecule has 2 unspecified atom stereocenters. The molecule has 2 rings (SSSR count). The van der Waals surface area contributed by atoms with E-state index in [0.717, 1.165) is 0 Å². The van der Waals surface area contributed by atoms with Crippen LogP contribution in [0.4, 0.5) is 0 Å². The molecule has 0 amide bonds. The number of rotatable bonds is 5. The summed E-state index contributed by atoms with van der Waals surface area (Å²) in [5, 5.41) is 35.7. The summed E-state index contributed by atoms with van der Waals surface area (Å²) in [6.45, 7) is -0.242. The van der Waals surface area contributed by atoms with Crippen LogP contribution in [0.15, 0.2) is 18.3 Å². The highest BCUT2D eigenvalue weighted by molar-refractivity contribution is 6.03. The summed E-state index contributed by atoms with van der Waals surface area (Å²) in [4.78, 5) is 11.7. The van der Waals surface area contributed by atoms with Crippen LogP contribution in [0.1, 0.15) is 28.4 Å². The number of nitrogens with zero attached hydrogens (tertiary/aromatic N) is 1. The summed E-state index contributed by atoms with van der Waals surface area (Å²) in [7, 11) is 1.26. The lowest BCUT2D eigenvalue weighted by Crippen LogP contribution is -2.20. The molecule has 0 spiro atoms. The van der Waals surface area contributed by atoms with E-state index < -0.39 is 18.2 Å². The van der Waals surface area contributed by atoms with E-state index in [9.17, 15) is 15.0 Å². The molecule has 7 nitrogen and oxygen atoms in total. The number of esters is 1. The Bertz CT molecular complexity index is 610. The highest BCUT2D eigenvalue weighted by atomic mass is 16.5. The zero-order valence-electron chi connectivity index (χ0n) is 10.9. The number of aromatic nitrogens is 2. The molecule has 0 radical (unpaired) electrons. The molecule has 108 valence electrons. The number of carbonyl (C=O) groups is 1. The molecule has 20 heavy (non-hydrogen) atoms. The van der Waals surface area contributed by atoms with E-state index in [1.165, 1.54) is 19.4 Å². The molecule has 0 aliphatic rings. The van der Waals surface area contributed by atoms with Gasteiger partial charge >= 0.3 is 5.97 Å². The first-order valence-electron chi connectivity index (χ1n) is 6.10. The molecule has 0 bridgehead atoms. The lowest BCUT2D eigenvalue weighted by Gasteiger charge is -2.18. The smallest absolute Gasteiger partial charge is 0.338 e. The van der Waals surface area contributed by atoms with Gasteiger partial charge in [-0.2, -0.15) is 5.10 Å². The van der Waals surface area contributed by atoms with Gasteiger partial charge in [-0.25, -0.2) is 4.79 Å². The predicted molar refractivity (Wildman–Crippen MR) is 70.1 cm³/mol. The molecule has 0 saturated carbocycles. The van der Waals surface area contributed by atoms with Crippen LogP contribution >= 0.6 is 0 Å². The quantitative estimate of drug-likeness (QED) is 0.578. The van der Waals surface area contributed by atoms with E-state index in [2.05, 4.69) is 10.2 Å². The molecule has 0 saturated heterocycles. The number of aliphatic hydroxyl groups is 3. The molecule has 4 N–H and O–H groups in total. The van der Waals surface area contributed by atoms with Crippen LogP contribution in [-0.2, 0) is 4.74 Å². The molecule has 2 atom stereocenters. The van der Waals surface area contributed by atoms with Gasteiger partial charge in [0.15, 0.2) is 0 Å². The van der Waals surface area contributed by atoms with Crippen molar-refractivity contribution in [1.29, 1.82) is 0 Å². The second-order valence-electron chi connectivity index (χ2n) is 4.42. The van der Waals surface area contributed by atoms with E-state index in [1.54, 1.807) is 6.07 Å². The number of aliphatic hydroxyl groups excluding tert-OH is 3. The van der Waals surface area contributed by atoms with Crippen molar-refractivity contribution in [2.75, 3.05) is 13.7 Å². The number of H-pyrrole nitrogens is 1. The maximum absolute atomic E-state index is 11.7. The van der Waals surface area contributed by atoms with Crippen molar-refractivity contribution < 1.29 is 24.9 Å². The van der Waals surface area contributed by atoms with Crippen molar-refractivity contribution in [2.45, 2.75) is 18.6 Å². The fourth-order valence-electron chi connectivity index (χ4n) is 2.04. The van der Waals surface area contributed by atoms with Gasteiger partial charge in [-0.1, -0.05) is 0 Å². The normalized spacial score (nSPS) is 14.2. The first kappa shape index (κ1) is 14.4. The second kappa shape index (κ2) is 6.00. The van der Waals surface area contributed by atoms with E-state index in [4.69, 9.17) is 9.84 Å². The minimum atomic E-state index is -1.21. The van der Waals surface area contributed by atoms with Crippen LogP contribution in [0.2, 0.25) is 0 Å². The standard InChI is InChI=1S/C13H16N2O5/c1-20-13(19)8-4-7(12(18)11(17)2-3-16)5-10-9(8)6-14-15-10/h4-6,11-12,16-18H,2-3H2,1H3,(H,14,15). The molecule has 2 aromatic rings. The minimum absolute atomic E-state index is 0.0374. The number of aromatic amines is 1. The Morgan fingerprint density at radius 2 is 2.20 bits per heavy atom. The van der Waals surface area contributed by atoms with Crippen LogP contribution in [0.5, 0.6) is 0 Å².